The molecule has 0 aliphatic carbocycles. The zero-order chi connectivity index (χ0) is 20.5. The molecule has 0 saturated carbocycles. The average Bonchev–Trinajstić information content (AvgIpc) is 3.09. The van der Waals surface area contributed by atoms with Crippen molar-refractivity contribution in [3.05, 3.63) is 76.1 Å². The summed E-state index contributed by atoms with van der Waals surface area (Å²) in [5.74, 6) is -0.808. The molecule has 0 unspecified atom stereocenters. The van der Waals surface area contributed by atoms with Gasteiger partial charge in [-0.2, -0.15) is 0 Å². The van der Waals surface area contributed by atoms with Gasteiger partial charge < -0.3 is 0 Å². The monoisotopic (exact) mass is 398 g/mol. The lowest BCUT2D eigenvalue weighted by atomic mass is 10.0. The van der Waals surface area contributed by atoms with Crippen LogP contribution in [0.4, 0.5) is 0 Å². The molecule has 0 radical (unpaired) electrons. The summed E-state index contributed by atoms with van der Waals surface area (Å²) in [4.78, 5) is 12.6. The Morgan fingerprint density at radius 2 is 1.64 bits per heavy atom. The third-order valence-electron chi connectivity index (χ3n) is 4.75. The van der Waals surface area contributed by atoms with E-state index in [9.17, 15) is 13.2 Å². The predicted octanol–water partition coefficient (Wildman–Crippen LogP) is 2.68. The summed E-state index contributed by atoms with van der Waals surface area (Å²) >= 11 is 0. The number of nitrogens with zero attached hydrogens (tertiary/aromatic N) is 3. The molecule has 3 rings (SSSR count). The minimum absolute atomic E-state index is 0.0563. The van der Waals surface area contributed by atoms with Crippen LogP contribution in [-0.2, 0) is 16.6 Å². The minimum Gasteiger partial charge on any atom is -0.266 e. The number of rotatable bonds is 5. The van der Waals surface area contributed by atoms with Crippen LogP contribution in [-0.4, -0.2) is 29.3 Å². The van der Waals surface area contributed by atoms with E-state index in [0.717, 1.165) is 16.7 Å². The molecule has 1 aromatic heterocycles. The highest BCUT2D eigenvalue weighted by atomic mass is 32.2. The Morgan fingerprint density at radius 3 is 2.25 bits per heavy atom. The van der Waals surface area contributed by atoms with Gasteiger partial charge in [0.15, 0.2) is 5.69 Å². The lowest BCUT2D eigenvalue weighted by Crippen LogP contribution is -2.32. The summed E-state index contributed by atoms with van der Waals surface area (Å²) < 4.78 is 29.4. The molecule has 7 nitrogen and oxygen atoms in total. The second kappa shape index (κ2) is 7.55. The van der Waals surface area contributed by atoms with E-state index in [1.54, 1.807) is 13.8 Å². The van der Waals surface area contributed by atoms with Crippen molar-refractivity contribution in [1.82, 2.24) is 19.7 Å². The van der Waals surface area contributed by atoms with Crippen LogP contribution in [0.25, 0.3) is 0 Å². The molecule has 0 spiro atoms. The molecule has 2 aromatic carbocycles. The fourth-order valence-electron chi connectivity index (χ4n) is 3.06. The molecule has 0 atom stereocenters. The number of aryl methyl sites for hydroxylation is 2. The number of nitrogens with one attached hydrogen (secondary N) is 1. The van der Waals surface area contributed by atoms with Crippen LogP contribution in [0.3, 0.4) is 0 Å². The summed E-state index contributed by atoms with van der Waals surface area (Å²) in [6.07, 6.45) is 1.43. The van der Waals surface area contributed by atoms with Crippen molar-refractivity contribution < 1.29 is 13.2 Å². The van der Waals surface area contributed by atoms with Gasteiger partial charge in [0.1, 0.15) is 0 Å². The maximum absolute atomic E-state index is 12.9. The number of carbonyl (C=O) groups excluding carboxylic acids is 1. The highest BCUT2D eigenvalue weighted by Gasteiger charge is 2.25. The number of carbonyl (C=O) groups is 1. The highest BCUT2D eigenvalue weighted by Crippen LogP contribution is 2.26. The Hall–Kier alpha value is -3.00. The summed E-state index contributed by atoms with van der Waals surface area (Å²) in [5.41, 5.74) is 3.88. The molecule has 8 heteroatoms. The Balaban J connectivity index is 1.84. The third kappa shape index (κ3) is 3.96. The molecule has 0 aliphatic rings. The van der Waals surface area contributed by atoms with E-state index in [0.29, 0.717) is 17.7 Å². The van der Waals surface area contributed by atoms with Gasteiger partial charge in [-0.05, 0) is 55.5 Å². The molecular weight excluding hydrogens is 376 g/mol. The average molecular weight is 398 g/mol. The van der Waals surface area contributed by atoms with E-state index in [-0.39, 0.29) is 10.6 Å². The van der Waals surface area contributed by atoms with E-state index >= 15 is 0 Å². The number of sulfonamides is 1. The van der Waals surface area contributed by atoms with Crippen LogP contribution >= 0.6 is 0 Å². The first-order valence-electron chi connectivity index (χ1n) is 8.77. The fourth-order valence-corrected chi connectivity index (χ4v) is 4.64. The van der Waals surface area contributed by atoms with Crippen molar-refractivity contribution >= 4 is 15.9 Å². The lowest BCUT2D eigenvalue weighted by Gasteiger charge is -2.15. The van der Waals surface area contributed by atoms with Gasteiger partial charge in [0.25, 0.3) is 15.9 Å². The number of hydrogen-bond acceptors (Lipinski definition) is 5. The van der Waals surface area contributed by atoms with Gasteiger partial charge in [0.05, 0.1) is 17.6 Å². The maximum Gasteiger partial charge on any atom is 0.287 e. The largest absolute Gasteiger partial charge is 0.287 e. The summed E-state index contributed by atoms with van der Waals surface area (Å²) in [5, 5.41) is 7.72. The van der Waals surface area contributed by atoms with Gasteiger partial charge in [-0.1, -0.05) is 41.6 Å². The lowest BCUT2D eigenvalue weighted by molar-refractivity contribution is 0.0976. The number of aromatic nitrogens is 3. The summed E-state index contributed by atoms with van der Waals surface area (Å²) in [6.45, 7) is 7.59. The maximum atomic E-state index is 12.9. The standard InChI is InChI=1S/C20H22N4O3S/c1-13-10-14(2)16(4)19(15(13)3)28(26,27)22-20(25)18-12-24(23-21-18)11-17-8-6-5-7-9-17/h5-10,12H,11H2,1-4H3,(H,22,25). The molecule has 0 aliphatic heterocycles. The van der Waals surface area contributed by atoms with Crippen LogP contribution in [0, 0.1) is 27.7 Å². The van der Waals surface area contributed by atoms with Crippen LogP contribution in [0.1, 0.15) is 38.3 Å². The SMILES string of the molecule is Cc1cc(C)c(C)c(S(=O)(=O)NC(=O)c2cn(Cc3ccccc3)nn2)c1C. The van der Waals surface area contributed by atoms with Crippen molar-refractivity contribution in [3.8, 4) is 0 Å². The molecule has 0 fully saturated rings. The smallest absolute Gasteiger partial charge is 0.266 e. The first kappa shape index (κ1) is 19.8. The zero-order valence-corrected chi connectivity index (χ0v) is 17.0. The van der Waals surface area contributed by atoms with Crippen LogP contribution < -0.4 is 4.72 Å². The predicted molar refractivity (Wildman–Crippen MR) is 106 cm³/mol. The fraction of sp³-hybridized carbons (Fsp3) is 0.250. The normalized spacial score (nSPS) is 11.4. The van der Waals surface area contributed by atoms with Gasteiger partial charge in [-0.25, -0.2) is 17.8 Å². The van der Waals surface area contributed by atoms with Gasteiger partial charge >= 0.3 is 0 Å². The second-order valence-corrected chi connectivity index (χ2v) is 8.43. The first-order valence-corrected chi connectivity index (χ1v) is 10.3. The van der Waals surface area contributed by atoms with Gasteiger partial charge in [0, 0.05) is 0 Å². The van der Waals surface area contributed by atoms with Crippen molar-refractivity contribution in [1.29, 1.82) is 0 Å². The Bertz CT molecular complexity index is 1110. The Morgan fingerprint density at radius 1 is 1.04 bits per heavy atom. The topological polar surface area (TPSA) is 94.0 Å². The highest BCUT2D eigenvalue weighted by molar-refractivity contribution is 7.90. The molecule has 1 amide bonds. The molecule has 0 bridgehead atoms. The Labute approximate surface area is 164 Å². The van der Waals surface area contributed by atoms with Crippen molar-refractivity contribution in [2.75, 3.05) is 0 Å². The van der Waals surface area contributed by atoms with Gasteiger partial charge in [-0.3, -0.25) is 4.79 Å². The zero-order valence-electron chi connectivity index (χ0n) is 16.2. The van der Waals surface area contributed by atoms with E-state index < -0.39 is 15.9 Å². The quantitative estimate of drug-likeness (QED) is 0.713. The van der Waals surface area contributed by atoms with Gasteiger partial charge in [-0.15, -0.1) is 5.10 Å². The molecule has 28 heavy (non-hydrogen) atoms. The minimum atomic E-state index is -4.04. The molecule has 0 saturated heterocycles. The molecule has 146 valence electrons. The summed E-state index contributed by atoms with van der Waals surface area (Å²) in [7, 11) is -4.04. The van der Waals surface area contributed by atoms with Gasteiger partial charge in [0.2, 0.25) is 0 Å². The van der Waals surface area contributed by atoms with E-state index in [4.69, 9.17) is 0 Å². The Kier molecular flexibility index (Phi) is 5.33. The third-order valence-corrected chi connectivity index (χ3v) is 6.36. The first-order chi connectivity index (χ1) is 13.2. The number of amides is 1. The van der Waals surface area contributed by atoms with E-state index in [2.05, 4.69) is 15.0 Å². The van der Waals surface area contributed by atoms with Crippen molar-refractivity contribution in [2.24, 2.45) is 0 Å². The number of benzene rings is 2. The van der Waals surface area contributed by atoms with Crippen molar-refractivity contribution in [2.45, 2.75) is 39.1 Å². The molecular formula is C20H22N4O3S. The van der Waals surface area contributed by atoms with Crippen molar-refractivity contribution in [3.63, 3.8) is 0 Å². The van der Waals surface area contributed by atoms with Crippen LogP contribution in [0.5, 0.6) is 0 Å². The summed E-state index contributed by atoms with van der Waals surface area (Å²) in [6, 6.07) is 11.5. The van der Waals surface area contributed by atoms with Crippen LogP contribution in [0.15, 0.2) is 47.5 Å². The van der Waals surface area contributed by atoms with Crippen LogP contribution in [0.2, 0.25) is 0 Å². The van der Waals surface area contributed by atoms with E-state index in [1.165, 1.54) is 10.9 Å². The molecule has 1 N–H and O–H groups in total. The second-order valence-electron chi connectivity index (χ2n) is 6.81. The number of hydrogen-bond donors (Lipinski definition) is 1. The van der Waals surface area contributed by atoms with E-state index in [1.807, 2.05) is 50.2 Å². The molecule has 1 heterocycles. The molecule has 3 aromatic rings.